The minimum atomic E-state index is -4.47. The van der Waals surface area contributed by atoms with Crippen LogP contribution in [0.15, 0.2) is 66.2 Å². The lowest BCUT2D eigenvalue weighted by Gasteiger charge is -2.21. The molecule has 1 saturated heterocycles. The van der Waals surface area contributed by atoms with Crippen LogP contribution in [0.4, 0.5) is 18.9 Å². The van der Waals surface area contributed by atoms with Crippen LogP contribution in [0, 0.1) is 0 Å². The number of pyridine rings is 1. The third-order valence-electron chi connectivity index (χ3n) is 5.18. The Balaban J connectivity index is 1.65. The SMILES string of the molecule is Cn1cnc(S(=O)(=O)N2C[C@H](Nc3cccc(C(F)(F)F)c3)[C@@H](c3ccccn3)C2)c1. The fourth-order valence-electron chi connectivity index (χ4n) is 3.66. The van der Waals surface area contributed by atoms with Crippen LogP contribution in [-0.2, 0) is 23.2 Å². The molecule has 1 fully saturated rings. The lowest BCUT2D eigenvalue weighted by molar-refractivity contribution is -0.137. The van der Waals surface area contributed by atoms with E-state index in [2.05, 4.69) is 15.3 Å². The summed E-state index contributed by atoms with van der Waals surface area (Å²) in [4.78, 5) is 8.29. The number of benzene rings is 1. The van der Waals surface area contributed by atoms with Crippen molar-refractivity contribution in [3.8, 4) is 0 Å². The van der Waals surface area contributed by atoms with Gasteiger partial charge >= 0.3 is 6.18 Å². The van der Waals surface area contributed by atoms with Gasteiger partial charge in [-0.25, -0.2) is 13.4 Å². The summed E-state index contributed by atoms with van der Waals surface area (Å²) in [6, 6.07) is 9.70. The molecule has 7 nitrogen and oxygen atoms in total. The molecular weight excluding hydrogens is 431 g/mol. The van der Waals surface area contributed by atoms with Crippen molar-refractivity contribution in [3.05, 3.63) is 72.4 Å². The molecule has 3 heterocycles. The van der Waals surface area contributed by atoms with Crippen LogP contribution >= 0.6 is 0 Å². The molecule has 2 atom stereocenters. The van der Waals surface area contributed by atoms with Gasteiger partial charge in [0.15, 0.2) is 5.03 Å². The van der Waals surface area contributed by atoms with Gasteiger partial charge in [0.2, 0.25) is 0 Å². The van der Waals surface area contributed by atoms with Crippen molar-refractivity contribution in [2.24, 2.45) is 7.05 Å². The number of hydrogen-bond donors (Lipinski definition) is 1. The largest absolute Gasteiger partial charge is 0.416 e. The van der Waals surface area contributed by atoms with Crippen LogP contribution < -0.4 is 5.32 Å². The van der Waals surface area contributed by atoms with E-state index in [4.69, 9.17) is 0 Å². The summed E-state index contributed by atoms with van der Waals surface area (Å²) in [5.41, 5.74) is 0.145. The molecule has 2 aromatic heterocycles. The highest BCUT2D eigenvalue weighted by molar-refractivity contribution is 7.89. The molecule has 11 heteroatoms. The van der Waals surface area contributed by atoms with Gasteiger partial charge in [-0.15, -0.1) is 0 Å². The van der Waals surface area contributed by atoms with Crippen LogP contribution in [-0.4, -0.2) is 46.4 Å². The number of sulfonamides is 1. The first-order chi connectivity index (χ1) is 14.6. The smallest absolute Gasteiger partial charge is 0.380 e. The predicted molar refractivity (Wildman–Crippen MR) is 108 cm³/mol. The lowest BCUT2D eigenvalue weighted by Crippen LogP contribution is -2.32. The Morgan fingerprint density at radius 1 is 1.10 bits per heavy atom. The summed E-state index contributed by atoms with van der Waals surface area (Å²) in [7, 11) is -2.19. The first-order valence-corrected chi connectivity index (χ1v) is 10.9. The second kappa shape index (κ2) is 7.97. The van der Waals surface area contributed by atoms with E-state index in [0.717, 1.165) is 12.1 Å². The highest BCUT2D eigenvalue weighted by Gasteiger charge is 2.41. The molecule has 0 aliphatic carbocycles. The second-order valence-electron chi connectivity index (χ2n) is 7.39. The molecular formula is C20H20F3N5O2S. The zero-order valence-electron chi connectivity index (χ0n) is 16.5. The minimum absolute atomic E-state index is 0.0659. The number of hydrogen-bond acceptors (Lipinski definition) is 5. The number of aryl methyl sites for hydroxylation is 1. The van der Waals surface area contributed by atoms with Gasteiger partial charge in [-0.1, -0.05) is 12.1 Å². The second-order valence-corrected chi connectivity index (χ2v) is 9.27. The molecule has 1 aromatic carbocycles. The van der Waals surface area contributed by atoms with Crippen LogP contribution in [0.1, 0.15) is 17.2 Å². The summed E-state index contributed by atoms with van der Waals surface area (Å²) in [6.07, 6.45) is -0.0507. The van der Waals surface area contributed by atoms with Crippen molar-refractivity contribution < 1.29 is 21.6 Å². The van der Waals surface area contributed by atoms with Gasteiger partial charge in [0.1, 0.15) is 0 Å². The van der Waals surface area contributed by atoms with Gasteiger partial charge in [0, 0.05) is 55.9 Å². The monoisotopic (exact) mass is 451 g/mol. The van der Waals surface area contributed by atoms with E-state index >= 15 is 0 Å². The Morgan fingerprint density at radius 2 is 1.90 bits per heavy atom. The third kappa shape index (κ3) is 4.42. The zero-order chi connectivity index (χ0) is 22.2. The minimum Gasteiger partial charge on any atom is -0.380 e. The van der Waals surface area contributed by atoms with Crippen molar-refractivity contribution in [2.75, 3.05) is 18.4 Å². The third-order valence-corrected chi connectivity index (χ3v) is 6.90. The standard InChI is InChI=1S/C20H20F3N5O2S/c1-27-12-19(25-13-27)31(29,30)28-10-16(17-7-2-3-8-24-17)18(11-28)26-15-6-4-5-14(9-15)20(21,22)23/h2-9,12-13,16,18,26H,10-11H2,1H3/t16-,18+/m1/s1. The molecule has 1 N–H and O–H groups in total. The average molecular weight is 451 g/mol. The maximum absolute atomic E-state index is 13.1. The predicted octanol–water partition coefficient (Wildman–Crippen LogP) is 3.10. The summed E-state index contributed by atoms with van der Waals surface area (Å²) in [6.45, 7) is 0.197. The molecule has 1 aliphatic heterocycles. The van der Waals surface area contributed by atoms with Gasteiger partial charge in [0.25, 0.3) is 10.0 Å². The van der Waals surface area contributed by atoms with E-state index in [9.17, 15) is 21.6 Å². The molecule has 31 heavy (non-hydrogen) atoms. The zero-order valence-corrected chi connectivity index (χ0v) is 17.3. The Bertz CT molecular complexity index is 1160. The Labute approximate surface area is 177 Å². The maximum Gasteiger partial charge on any atom is 0.416 e. The summed E-state index contributed by atoms with van der Waals surface area (Å²) >= 11 is 0. The Morgan fingerprint density at radius 3 is 2.55 bits per heavy atom. The maximum atomic E-state index is 13.1. The van der Waals surface area contributed by atoms with Crippen LogP contribution in [0.5, 0.6) is 0 Å². The molecule has 0 radical (unpaired) electrons. The van der Waals surface area contributed by atoms with Crippen LogP contribution in [0.25, 0.3) is 0 Å². The first kappa shape index (κ1) is 21.3. The molecule has 0 amide bonds. The van der Waals surface area contributed by atoms with Gasteiger partial charge in [-0.2, -0.15) is 17.5 Å². The number of nitrogens with one attached hydrogen (secondary N) is 1. The summed E-state index contributed by atoms with van der Waals surface area (Å²) in [5, 5.41) is 3.01. The molecule has 4 rings (SSSR count). The highest BCUT2D eigenvalue weighted by Crippen LogP contribution is 2.34. The number of rotatable bonds is 5. The lowest BCUT2D eigenvalue weighted by atomic mass is 9.98. The van der Waals surface area contributed by atoms with E-state index in [0.29, 0.717) is 5.69 Å². The number of nitrogens with zero attached hydrogens (tertiary/aromatic N) is 4. The molecule has 3 aromatic rings. The summed E-state index contributed by atoms with van der Waals surface area (Å²) < 4.78 is 68.2. The summed E-state index contributed by atoms with van der Waals surface area (Å²) in [5.74, 6) is -0.353. The van der Waals surface area contributed by atoms with Crippen molar-refractivity contribution in [1.82, 2.24) is 18.8 Å². The Kier molecular flexibility index (Phi) is 5.48. The molecule has 0 bridgehead atoms. The van der Waals surface area contributed by atoms with Crippen molar-refractivity contribution in [1.29, 1.82) is 0 Å². The number of halogens is 3. The van der Waals surface area contributed by atoms with Gasteiger partial charge in [-0.3, -0.25) is 4.98 Å². The molecule has 1 aliphatic rings. The number of anilines is 1. The molecule has 164 valence electrons. The molecule has 0 unspecified atom stereocenters. The topological polar surface area (TPSA) is 80.1 Å². The molecule has 0 saturated carbocycles. The molecule has 0 spiro atoms. The van der Waals surface area contributed by atoms with Crippen molar-refractivity contribution in [3.63, 3.8) is 0 Å². The van der Waals surface area contributed by atoms with E-state index in [1.54, 1.807) is 31.4 Å². The van der Waals surface area contributed by atoms with E-state index < -0.39 is 27.8 Å². The van der Waals surface area contributed by atoms with Crippen molar-refractivity contribution >= 4 is 15.7 Å². The quantitative estimate of drug-likeness (QED) is 0.645. The van der Waals surface area contributed by atoms with Crippen molar-refractivity contribution in [2.45, 2.75) is 23.2 Å². The van der Waals surface area contributed by atoms with Gasteiger partial charge in [-0.05, 0) is 30.3 Å². The fourth-order valence-corrected chi connectivity index (χ4v) is 5.12. The van der Waals surface area contributed by atoms with Gasteiger partial charge < -0.3 is 9.88 Å². The van der Waals surface area contributed by atoms with Gasteiger partial charge in [0.05, 0.1) is 11.9 Å². The number of imidazole rings is 1. The number of aromatic nitrogens is 3. The van der Waals surface area contributed by atoms with E-state index in [-0.39, 0.29) is 29.7 Å². The normalized spacial score (nSPS) is 20.1. The van der Waals surface area contributed by atoms with E-state index in [1.807, 2.05) is 0 Å². The Hall–Kier alpha value is -2.92. The van der Waals surface area contributed by atoms with Crippen LogP contribution in [0.2, 0.25) is 0 Å². The fraction of sp³-hybridized carbons (Fsp3) is 0.300. The first-order valence-electron chi connectivity index (χ1n) is 9.47. The van der Waals surface area contributed by atoms with Crippen LogP contribution in [0.3, 0.4) is 0 Å². The average Bonchev–Trinajstić information content (AvgIpc) is 3.36. The highest BCUT2D eigenvalue weighted by atomic mass is 32.2. The number of alkyl halides is 3. The van der Waals surface area contributed by atoms with E-state index in [1.165, 1.54) is 33.5 Å².